The molecule has 1 aliphatic heterocycles. The average molecular weight is 418 g/mol. The van der Waals surface area contributed by atoms with Gasteiger partial charge in [-0.05, 0) is 30.2 Å². The molecule has 0 radical (unpaired) electrons. The summed E-state index contributed by atoms with van der Waals surface area (Å²) in [6.07, 6.45) is 2.80. The number of amides is 2. The normalized spacial score (nSPS) is 16.5. The molecular formula is C24H26N4O3. The fourth-order valence-corrected chi connectivity index (χ4v) is 3.63. The third-order valence-corrected chi connectivity index (χ3v) is 5.24. The largest absolute Gasteiger partial charge is 0.368 e. The van der Waals surface area contributed by atoms with Gasteiger partial charge in [-0.3, -0.25) is 14.6 Å². The topological polar surface area (TPSA) is 84.4 Å². The van der Waals surface area contributed by atoms with Gasteiger partial charge in [-0.15, -0.1) is 0 Å². The molecule has 2 aromatic heterocycles. The molecule has 31 heavy (non-hydrogen) atoms. The molecule has 2 amide bonds. The summed E-state index contributed by atoms with van der Waals surface area (Å²) in [5, 5.41) is 3.79. The van der Waals surface area contributed by atoms with Gasteiger partial charge in [-0.2, -0.15) is 0 Å². The Morgan fingerprint density at radius 2 is 2.06 bits per heavy atom. The van der Waals surface area contributed by atoms with Crippen LogP contribution in [0.3, 0.4) is 0 Å². The van der Waals surface area contributed by atoms with Crippen LogP contribution >= 0.6 is 0 Å². The lowest BCUT2D eigenvalue weighted by molar-refractivity contribution is -0.0246. The minimum atomic E-state index is -0.407. The summed E-state index contributed by atoms with van der Waals surface area (Å²) in [5.74, 6) is 0.134. The van der Waals surface area contributed by atoms with E-state index >= 15 is 0 Å². The Bertz CT molecular complexity index is 1080. The minimum absolute atomic E-state index is 0.0860. The Labute approximate surface area is 181 Å². The van der Waals surface area contributed by atoms with Crippen LogP contribution in [0.4, 0.5) is 0 Å². The quantitative estimate of drug-likeness (QED) is 0.688. The Kier molecular flexibility index (Phi) is 6.23. The highest BCUT2D eigenvalue weighted by molar-refractivity contribution is 6.06. The molecule has 160 valence electrons. The average Bonchev–Trinajstić information content (AvgIpc) is 2.82. The lowest BCUT2D eigenvalue weighted by Crippen LogP contribution is -2.42. The van der Waals surface area contributed by atoms with E-state index in [9.17, 15) is 9.59 Å². The molecule has 3 aromatic rings. The van der Waals surface area contributed by atoms with Crippen molar-refractivity contribution in [1.29, 1.82) is 0 Å². The number of ether oxygens (including phenoxy) is 1. The van der Waals surface area contributed by atoms with Gasteiger partial charge in [0.25, 0.3) is 11.8 Å². The molecule has 1 atom stereocenters. The molecule has 0 saturated carbocycles. The van der Waals surface area contributed by atoms with Crippen LogP contribution in [0.5, 0.6) is 0 Å². The predicted molar refractivity (Wildman–Crippen MR) is 118 cm³/mol. The third-order valence-electron chi connectivity index (χ3n) is 5.24. The van der Waals surface area contributed by atoms with E-state index < -0.39 is 6.10 Å². The van der Waals surface area contributed by atoms with Crippen molar-refractivity contribution in [2.24, 2.45) is 5.92 Å². The van der Waals surface area contributed by atoms with Gasteiger partial charge in [-0.1, -0.05) is 32.0 Å². The lowest BCUT2D eigenvalue weighted by atomic mass is 10.0. The Morgan fingerprint density at radius 1 is 1.23 bits per heavy atom. The number of hydrogen-bond donors (Lipinski definition) is 1. The fourth-order valence-electron chi connectivity index (χ4n) is 3.63. The molecule has 0 aliphatic carbocycles. The van der Waals surface area contributed by atoms with Crippen LogP contribution in [0.1, 0.15) is 46.4 Å². The number of carbonyl (C=O) groups excluding carboxylic acids is 2. The molecule has 1 unspecified atom stereocenters. The van der Waals surface area contributed by atoms with Gasteiger partial charge in [0.1, 0.15) is 6.10 Å². The number of benzene rings is 1. The first-order valence-electron chi connectivity index (χ1n) is 10.5. The molecule has 1 aromatic carbocycles. The summed E-state index contributed by atoms with van der Waals surface area (Å²) in [6.45, 7) is 5.98. The highest BCUT2D eigenvalue weighted by Crippen LogP contribution is 2.26. The summed E-state index contributed by atoms with van der Waals surface area (Å²) in [7, 11) is 0. The highest BCUT2D eigenvalue weighted by atomic mass is 16.5. The van der Waals surface area contributed by atoms with Crippen molar-refractivity contribution in [3.8, 4) is 0 Å². The molecule has 0 bridgehead atoms. The van der Waals surface area contributed by atoms with Crippen LogP contribution < -0.4 is 5.32 Å². The van der Waals surface area contributed by atoms with Crippen molar-refractivity contribution in [3.05, 3.63) is 71.7 Å². The maximum absolute atomic E-state index is 12.9. The molecule has 1 fully saturated rings. The summed E-state index contributed by atoms with van der Waals surface area (Å²) >= 11 is 0. The molecule has 4 rings (SSSR count). The van der Waals surface area contributed by atoms with E-state index in [0.29, 0.717) is 49.0 Å². The maximum Gasteiger partial charge on any atom is 0.255 e. The molecule has 1 N–H and O–H groups in total. The van der Waals surface area contributed by atoms with Crippen LogP contribution in [-0.4, -0.2) is 52.9 Å². The number of rotatable bonds is 5. The van der Waals surface area contributed by atoms with Gasteiger partial charge in [-0.25, -0.2) is 4.98 Å². The number of morpholine rings is 1. The first kappa shape index (κ1) is 20.9. The van der Waals surface area contributed by atoms with Crippen molar-refractivity contribution in [1.82, 2.24) is 20.2 Å². The van der Waals surface area contributed by atoms with E-state index in [1.165, 1.54) is 0 Å². The number of carbonyl (C=O) groups is 2. The summed E-state index contributed by atoms with van der Waals surface area (Å²) in [6, 6.07) is 12.9. The van der Waals surface area contributed by atoms with Gasteiger partial charge >= 0.3 is 0 Å². The molecule has 0 spiro atoms. The second kappa shape index (κ2) is 9.22. The number of nitrogens with one attached hydrogen (secondary N) is 1. The van der Waals surface area contributed by atoms with Gasteiger partial charge in [0, 0.05) is 30.9 Å². The first-order valence-corrected chi connectivity index (χ1v) is 10.5. The van der Waals surface area contributed by atoms with E-state index in [1.54, 1.807) is 35.5 Å². The first-order chi connectivity index (χ1) is 15.0. The second-order valence-electron chi connectivity index (χ2n) is 8.07. The number of fused-ring (bicyclic) bond motifs is 1. The minimum Gasteiger partial charge on any atom is -0.368 e. The van der Waals surface area contributed by atoms with Gasteiger partial charge < -0.3 is 15.0 Å². The van der Waals surface area contributed by atoms with E-state index in [-0.39, 0.29) is 11.8 Å². The van der Waals surface area contributed by atoms with Crippen molar-refractivity contribution in [2.45, 2.75) is 20.0 Å². The number of hydrogen-bond acceptors (Lipinski definition) is 5. The summed E-state index contributed by atoms with van der Waals surface area (Å²) < 4.78 is 5.96. The number of nitrogens with zero attached hydrogens (tertiary/aromatic N) is 3. The van der Waals surface area contributed by atoms with E-state index in [2.05, 4.69) is 24.1 Å². The highest BCUT2D eigenvalue weighted by Gasteiger charge is 2.28. The maximum atomic E-state index is 12.9. The summed E-state index contributed by atoms with van der Waals surface area (Å²) in [5.41, 5.74) is 2.50. The van der Waals surface area contributed by atoms with E-state index in [0.717, 1.165) is 10.9 Å². The Morgan fingerprint density at radius 3 is 2.84 bits per heavy atom. The molecule has 1 aliphatic rings. The van der Waals surface area contributed by atoms with Crippen molar-refractivity contribution in [2.75, 3.05) is 26.2 Å². The Balaban J connectivity index is 1.62. The zero-order valence-electron chi connectivity index (χ0n) is 17.7. The van der Waals surface area contributed by atoms with Crippen LogP contribution in [0, 0.1) is 5.92 Å². The van der Waals surface area contributed by atoms with Crippen molar-refractivity contribution < 1.29 is 14.3 Å². The van der Waals surface area contributed by atoms with E-state index in [1.807, 2.05) is 24.3 Å². The van der Waals surface area contributed by atoms with Gasteiger partial charge in [0.15, 0.2) is 0 Å². The molecule has 7 nitrogen and oxygen atoms in total. The zero-order valence-corrected chi connectivity index (χ0v) is 17.7. The van der Waals surface area contributed by atoms with Crippen LogP contribution in [0.2, 0.25) is 0 Å². The molecule has 3 heterocycles. The summed E-state index contributed by atoms with van der Waals surface area (Å²) in [4.78, 5) is 36.3. The van der Waals surface area contributed by atoms with E-state index in [4.69, 9.17) is 9.72 Å². The van der Waals surface area contributed by atoms with Crippen LogP contribution in [-0.2, 0) is 4.74 Å². The number of para-hydroxylation sites is 1. The molecule has 1 saturated heterocycles. The lowest BCUT2D eigenvalue weighted by Gasteiger charge is -2.33. The van der Waals surface area contributed by atoms with Crippen molar-refractivity contribution >= 4 is 22.7 Å². The second-order valence-corrected chi connectivity index (χ2v) is 8.07. The van der Waals surface area contributed by atoms with Gasteiger partial charge in [0.2, 0.25) is 0 Å². The number of aromatic nitrogens is 2. The van der Waals surface area contributed by atoms with Crippen LogP contribution in [0.25, 0.3) is 10.9 Å². The fraction of sp³-hybridized carbons (Fsp3) is 0.333. The molecular weight excluding hydrogens is 392 g/mol. The smallest absolute Gasteiger partial charge is 0.255 e. The third kappa shape index (κ3) is 4.72. The van der Waals surface area contributed by atoms with Crippen LogP contribution in [0.15, 0.2) is 54.9 Å². The Hall–Kier alpha value is -3.32. The SMILES string of the molecule is CC(C)CNC(=O)c1cc(C2CN(C(=O)c3cccnc3)CCO2)nc2ccccc12. The monoisotopic (exact) mass is 418 g/mol. The zero-order chi connectivity index (χ0) is 21.8. The van der Waals surface area contributed by atoms with Gasteiger partial charge in [0.05, 0.1) is 35.5 Å². The number of pyridine rings is 2. The molecule has 7 heteroatoms. The predicted octanol–water partition coefficient (Wildman–Crippen LogP) is 3.23. The standard InChI is InChI=1S/C24H26N4O3/c1-16(2)13-26-23(29)19-12-21(27-20-8-4-3-7-18(19)20)22-15-28(10-11-31-22)24(30)17-6-5-9-25-14-17/h3-9,12,14,16,22H,10-11,13,15H2,1-2H3,(H,26,29). The van der Waals surface area contributed by atoms with Crippen molar-refractivity contribution in [3.63, 3.8) is 0 Å².